The van der Waals surface area contributed by atoms with Gasteiger partial charge >= 0.3 is 0 Å². The van der Waals surface area contributed by atoms with Crippen LogP contribution in [0.4, 0.5) is 0 Å². The van der Waals surface area contributed by atoms with Crippen LogP contribution in [0.1, 0.15) is 37.1 Å². The second-order valence-corrected chi connectivity index (χ2v) is 6.70. The fourth-order valence-electron chi connectivity index (χ4n) is 2.82. The molecule has 3 rings (SSSR count). The summed E-state index contributed by atoms with van der Waals surface area (Å²) >= 11 is 12.4. The second kappa shape index (κ2) is 8.37. The van der Waals surface area contributed by atoms with Gasteiger partial charge in [-0.15, -0.1) is 0 Å². The van der Waals surface area contributed by atoms with Crippen LogP contribution < -0.4 is 4.74 Å². The Bertz CT molecular complexity index is 804. The van der Waals surface area contributed by atoms with E-state index in [4.69, 9.17) is 27.9 Å². The molecule has 0 spiro atoms. The van der Waals surface area contributed by atoms with Crippen LogP contribution in [0.2, 0.25) is 10.0 Å². The van der Waals surface area contributed by atoms with Crippen molar-refractivity contribution in [3.63, 3.8) is 0 Å². The Hall–Kier alpha value is -2.04. The number of H-pyrrole nitrogens is 1. The molecule has 0 saturated carbocycles. The fourth-order valence-corrected chi connectivity index (χ4v) is 3.27. The van der Waals surface area contributed by atoms with E-state index in [1.54, 1.807) is 12.1 Å². The highest BCUT2D eigenvalue weighted by Gasteiger charge is 2.17. The van der Waals surface area contributed by atoms with Crippen LogP contribution >= 0.6 is 23.2 Å². The Morgan fingerprint density at radius 2 is 1.84 bits per heavy atom. The molecule has 0 amide bonds. The highest BCUT2D eigenvalue weighted by atomic mass is 35.5. The van der Waals surface area contributed by atoms with Crippen molar-refractivity contribution in [2.45, 2.75) is 32.1 Å². The number of nitrogens with zero attached hydrogens (tertiary/aromatic N) is 2. The number of benzene rings is 2. The Morgan fingerprint density at radius 1 is 1.08 bits per heavy atom. The minimum atomic E-state index is 0.287. The average Bonchev–Trinajstić information content (AvgIpc) is 3.10. The van der Waals surface area contributed by atoms with Gasteiger partial charge in [-0.25, -0.2) is 4.98 Å². The average molecular weight is 376 g/mol. The van der Waals surface area contributed by atoms with Crippen LogP contribution in [0, 0.1) is 0 Å². The van der Waals surface area contributed by atoms with Gasteiger partial charge in [0.2, 0.25) is 0 Å². The van der Waals surface area contributed by atoms with Gasteiger partial charge in [-0.05, 0) is 54.3 Å². The minimum Gasteiger partial charge on any atom is -0.457 e. The van der Waals surface area contributed by atoms with E-state index in [1.165, 1.54) is 6.33 Å². The summed E-state index contributed by atoms with van der Waals surface area (Å²) < 4.78 is 5.84. The lowest BCUT2D eigenvalue weighted by atomic mass is 9.91. The molecule has 1 aromatic heterocycles. The third-order valence-electron chi connectivity index (χ3n) is 4.00. The van der Waals surface area contributed by atoms with Crippen molar-refractivity contribution in [1.29, 1.82) is 0 Å². The number of halogens is 2. The Balaban J connectivity index is 1.78. The number of hydrogen-bond donors (Lipinski definition) is 1. The molecule has 0 radical (unpaired) electrons. The van der Waals surface area contributed by atoms with Crippen molar-refractivity contribution >= 4 is 23.2 Å². The van der Waals surface area contributed by atoms with Gasteiger partial charge in [-0.3, -0.25) is 5.10 Å². The zero-order valence-corrected chi connectivity index (χ0v) is 15.4. The highest BCUT2D eigenvalue weighted by molar-refractivity contribution is 6.31. The molecule has 1 N–H and O–H groups in total. The molecule has 0 aliphatic rings. The van der Waals surface area contributed by atoms with Gasteiger partial charge in [0.15, 0.2) is 0 Å². The fraction of sp³-hybridized carbons (Fsp3) is 0.263. The van der Waals surface area contributed by atoms with Crippen LogP contribution in [0.5, 0.6) is 11.5 Å². The van der Waals surface area contributed by atoms with E-state index in [2.05, 4.69) is 22.1 Å². The molecule has 130 valence electrons. The maximum Gasteiger partial charge on any atom is 0.137 e. The first-order valence-electron chi connectivity index (χ1n) is 8.23. The number of aromatic amines is 1. The van der Waals surface area contributed by atoms with E-state index in [9.17, 15) is 0 Å². The molecule has 6 heteroatoms. The van der Waals surface area contributed by atoms with Crippen molar-refractivity contribution in [3.05, 3.63) is 70.2 Å². The predicted molar refractivity (Wildman–Crippen MR) is 101 cm³/mol. The van der Waals surface area contributed by atoms with E-state index in [0.29, 0.717) is 15.8 Å². The van der Waals surface area contributed by atoms with Crippen LogP contribution in [0.3, 0.4) is 0 Å². The molecule has 0 bridgehead atoms. The summed E-state index contributed by atoms with van der Waals surface area (Å²) in [6, 6.07) is 13.1. The molecule has 0 aliphatic heterocycles. The van der Waals surface area contributed by atoms with Crippen molar-refractivity contribution in [3.8, 4) is 11.5 Å². The van der Waals surface area contributed by atoms with Gasteiger partial charge in [-0.1, -0.05) is 42.6 Å². The molecule has 25 heavy (non-hydrogen) atoms. The maximum atomic E-state index is 6.54. The first kappa shape index (κ1) is 17.8. The Morgan fingerprint density at radius 3 is 2.48 bits per heavy atom. The number of nitrogens with one attached hydrogen (secondary N) is 1. The van der Waals surface area contributed by atoms with Crippen molar-refractivity contribution in [1.82, 2.24) is 15.2 Å². The van der Waals surface area contributed by atoms with E-state index >= 15 is 0 Å². The lowest BCUT2D eigenvalue weighted by molar-refractivity contribution is 0.482. The van der Waals surface area contributed by atoms with Crippen LogP contribution in [-0.4, -0.2) is 15.2 Å². The monoisotopic (exact) mass is 375 g/mol. The zero-order chi connectivity index (χ0) is 17.6. The Kier molecular flexibility index (Phi) is 5.95. The molecule has 1 atom stereocenters. The molecule has 0 fully saturated rings. The van der Waals surface area contributed by atoms with Crippen LogP contribution in [0.25, 0.3) is 0 Å². The molecule has 1 heterocycles. The number of aromatic nitrogens is 3. The molecule has 3 aromatic rings. The lowest BCUT2D eigenvalue weighted by Gasteiger charge is -2.17. The smallest absolute Gasteiger partial charge is 0.137 e. The van der Waals surface area contributed by atoms with Crippen molar-refractivity contribution in [2.24, 2.45) is 0 Å². The van der Waals surface area contributed by atoms with Gasteiger partial charge in [-0.2, -0.15) is 5.10 Å². The van der Waals surface area contributed by atoms with Crippen molar-refractivity contribution in [2.75, 3.05) is 0 Å². The normalized spacial score (nSPS) is 12.1. The highest BCUT2D eigenvalue weighted by Crippen LogP contribution is 2.34. The van der Waals surface area contributed by atoms with Crippen molar-refractivity contribution < 1.29 is 4.74 Å². The Labute approximate surface area is 157 Å². The first-order valence-corrected chi connectivity index (χ1v) is 8.98. The minimum absolute atomic E-state index is 0.287. The summed E-state index contributed by atoms with van der Waals surface area (Å²) in [4.78, 5) is 4.23. The van der Waals surface area contributed by atoms with Gasteiger partial charge in [0.05, 0.1) is 0 Å². The third kappa shape index (κ3) is 4.74. The number of ether oxygens (including phenoxy) is 1. The molecule has 2 aromatic carbocycles. The molecule has 1 unspecified atom stereocenters. The molecular weight excluding hydrogens is 357 g/mol. The zero-order valence-electron chi connectivity index (χ0n) is 13.9. The van der Waals surface area contributed by atoms with E-state index in [-0.39, 0.29) is 5.92 Å². The largest absolute Gasteiger partial charge is 0.457 e. The molecular formula is C19H19Cl2N3O. The van der Waals surface area contributed by atoms with Gasteiger partial charge in [0.25, 0.3) is 0 Å². The van der Waals surface area contributed by atoms with E-state index in [1.807, 2.05) is 30.3 Å². The summed E-state index contributed by atoms with van der Waals surface area (Å²) in [6.07, 6.45) is 4.41. The summed E-state index contributed by atoms with van der Waals surface area (Å²) in [5, 5.41) is 8.22. The molecule has 4 nitrogen and oxygen atoms in total. The quantitative estimate of drug-likeness (QED) is 0.548. The second-order valence-electron chi connectivity index (χ2n) is 5.86. The number of hydrogen-bond acceptors (Lipinski definition) is 3. The summed E-state index contributed by atoms with van der Waals surface area (Å²) in [7, 11) is 0. The van der Waals surface area contributed by atoms with E-state index in [0.717, 1.165) is 36.4 Å². The number of rotatable bonds is 7. The first-order chi connectivity index (χ1) is 12.2. The van der Waals surface area contributed by atoms with E-state index < -0.39 is 0 Å². The predicted octanol–water partition coefficient (Wildman–Crippen LogP) is 6.03. The lowest BCUT2D eigenvalue weighted by Crippen LogP contribution is -2.05. The van der Waals surface area contributed by atoms with Gasteiger partial charge < -0.3 is 4.74 Å². The topological polar surface area (TPSA) is 50.8 Å². The van der Waals surface area contributed by atoms with Gasteiger partial charge in [0.1, 0.15) is 23.7 Å². The summed E-state index contributed by atoms with van der Waals surface area (Å²) in [5.41, 5.74) is 1.10. The third-order valence-corrected chi connectivity index (χ3v) is 4.58. The summed E-state index contributed by atoms with van der Waals surface area (Å²) in [5.74, 6) is 2.58. The SMILES string of the molecule is CCCC(Cc1ncn[nH]1)c1ccc(Oc2ccc(Cl)cc2)cc1Cl. The standard InChI is InChI=1S/C19H19Cl2N3O/c1-2-3-13(10-19-22-12-23-24-19)17-9-8-16(11-18(17)21)25-15-6-4-14(20)5-7-15/h4-9,11-13H,2-3,10H2,1H3,(H,22,23,24). The summed E-state index contributed by atoms with van der Waals surface area (Å²) in [6.45, 7) is 2.17. The van der Waals surface area contributed by atoms with Crippen LogP contribution in [0.15, 0.2) is 48.8 Å². The molecule has 0 saturated heterocycles. The van der Waals surface area contributed by atoms with Crippen LogP contribution in [-0.2, 0) is 6.42 Å². The maximum absolute atomic E-state index is 6.54. The molecule has 0 aliphatic carbocycles. The van der Waals surface area contributed by atoms with Gasteiger partial charge in [0, 0.05) is 16.5 Å².